The van der Waals surface area contributed by atoms with Crippen molar-refractivity contribution in [3.8, 4) is 11.5 Å². The number of benzene rings is 1. The molecule has 0 saturated carbocycles. The molecule has 1 saturated heterocycles. The number of hydrogen-bond donors (Lipinski definition) is 1. The summed E-state index contributed by atoms with van der Waals surface area (Å²) in [5.41, 5.74) is 1.02. The molecule has 1 aliphatic rings. The quantitative estimate of drug-likeness (QED) is 0.804. The van der Waals surface area contributed by atoms with Crippen molar-refractivity contribution in [2.45, 2.75) is 38.6 Å². The lowest BCUT2D eigenvalue weighted by Crippen LogP contribution is -2.49. The minimum Gasteiger partial charge on any atom is -0.493 e. The van der Waals surface area contributed by atoms with E-state index >= 15 is 0 Å². The number of aryl methyl sites for hydroxylation is 1. The molecule has 0 aliphatic carbocycles. The van der Waals surface area contributed by atoms with Gasteiger partial charge in [0.1, 0.15) is 0 Å². The number of nitrogens with zero attached hydrogens (tertiary/aromatic N) is 1. The van der Waals surface area contributed by atoms with E-state index in [1.54, 1.807) is 21.1 Å². The predicted molar refractivity (Wildman–Crippen MR) is 97.6 cm³/mol. The van der Waals surface area contributed by atoms with Crippen molar-refractivity contribution in [3.05, 3.63) is 23.8 Å². The monoisotopic (exact) mass is 364 g/mol. The largest absolute Gasteiger partial charge is 0.493 e. The van der Waals surface area contributed by atoms with Gasteiger partial charge in [-0.3, -0.25) is 4.79 Å². The fraction of sp³-hybridized carbons (Fsp3) is 0.579. The highest BCUT2D eigenvalue weighted by Crippen LogP contribution is 2.28. The number of hydrogen-bond acceptors (Lipinski definition) is 5. The number of carbonyl (C=O) groups excluding carboxylic acids is 2. The highest BCUT2D eigenvalue weighted by atomic mass is 16.5. The Morgan fingerprint density at radius 1 is 1.23 bits per heavy atom. The molecular formula is C19H28N2O5. The SMILES string of the molecule is CCOC(=O)NC1CCCN(C(=O)CCc2ccc(OC)c(OC)c2)C1. The van der Waals surface area contributed by atoms with E-state index in [9.17, 15) is 9.59 Å². The van der Waals surface area contributed by atoms with E-state index in [1.807, 2.05) is 23.1 Å². The van der Waals surface area contributed by atoms with Gasteiger partial charge in [-0.15, -0.1) is 0 Å². The van der Waals surface area contributed by atoms with Crippen LogP contribution in [0.5, 0.6) is 11.5 Å². The molecule has 2 amide bonds. The van der Waals surface area contributed by atoms with Gasteiger partial charge in [-0.1, -0.05) is 6.07 Å². The molecule has 1 N–H and O–H groups in total. The Hall–Kier alpha value is -2.44. The molecule has 7 nitrogen and oxygen atoms in total. The summed E-state index contributed by atoms with van der Waals surface area (Å²) in [6, 6.07) is 5.63. The number of alkyl carbamates (subject to hydrolysis) is 1. The number of nitrogens with one attached hydrogen (secondary N) is 1. The maximum Gasteiger partial charge on any atom is 0.407 e. The molecule has 1 aliphatic heterocycles. The van der Waals surface area contributed by atoms with Crippen LogP contribution in [-0.2, 0) is 16.0 Å². The Labute approximate surface area is 154 Å². The molecule has 1 aromatic carbocycles. The number of amides is 2. The second-order valence-corrected chi connectivity index (χ2v) is 6.23. The molecule has 7 heteroatoms. The van der Waals surface area contributed by atoms with Crippen molar-refractivity contribution in [2.75, 3.05) is 33.9 Å². The van der Waals surface area contributed by atoms with Crippen LogP contribution in [0.3, 0.4) is 0 Å². The lowest BCUT2D eigenvalue weighted by Gasteiger charge is -2.33. The molecule has 144 valence electrons. The maximum atomic E-state index is 12.5. The second-order valence-electron chi connectivity index (χ2n) is 6.23. The minimum absolute atomic E-state index is 0.0483. The first-order chi connectivity index (χ1) is 12.6. The van der Waals surface area contributed by atoms with E-state index < -0.39 is 6.09 Å². The molecule has 1 aromatic rings. The summed E-state index contributed by atoms with van der Waals surface area (Å²) in [6.45, 7) is 3.37. The number of rotatable bonds is 7. The summed E-state index contributed by atoms with van der Waals surface area (Å²) in [5, 5.41) is 2.82. The van der Waals surface area contributed by atoms with Gasteiger partial charge in [-0.25, -0.2) is 4.79 Å². The fourth-order valence-corrected chi connectivity index (χ4v) is 3.11. The van der Waals surface area contributed by atoms with Crippen LogP contribution in [0.2, 0.25) is 0 Å². The third kappa shape index (κ3) is 5.54. The number of carbonyl (C=O) groups is 2. The van der Waals surface area contributed by atoms with Gasteiger partial charge < -0.3 is 24.4 Å². The lowest BCUT2D eigenvalue weighted by atomic mass is 10.0. The van der Waals surface area contributed by atoms with Crippen LogP contribution in [0, 0.1) is 0 Å². The topological polar surface area (TPSA) is 77.1 Å². The Kier molecular flexibility index (Phi) is 7.56. The van der Waals surface area contributed by atoms with Crippen molar-refractivity contribution in [1.29, 1.82) is 0 Å². The molecular weight excluding hydrogens is 336 g/mol. The zero-order valence-electron chi connectivity index (χ0n) is 15.7. The first-order valence-electron chi connectivity index (χ1n) is 8.99. The van der Waals surface area contributed by atoms with E-state index in [4.69, 9.17) is 14.2 Å². The van der Waals surface area contributed by atoms with Crippen molar-refractivity contribution in [3.63, 3.8) is 0 Å². The van der Waals surface area contributed by atoms with Crippen molar-refractivity contribution < 1.29 is 23.8 Å². The lowest BCUT2D eigenvalue weighted by molar-refractivity contribution is -0.132. The van der Waals surface area contributed by atoms with Crippen LogP contribution in [-0.4, -0.2) is 56.9 Å². The Balaban J connectivity index is 1.86. The van der Waals surface area contributed by atoms with E-state index in [1.165, 1.54) is 0 Å². The zero-order chi connectivity index (χ0) is 18.9. The Bertz CT molecular complexity index is 620. The molecule has 26 heavy (non-hydrogen) atoms. The van der Waals surface area contributed by atoms with Crippen molar-refractivity contribution in [2.24, 2.45) is 0 Å². The number of piperidine rings is 1. The molecule has 0 radical (unpaired) electrons. The molecule has 1 unspecified atom stereocenters. The van der Waals surface area contributed by atoms with Gasteiger partial charge in [-0.2, -0.15) is 0 Å². The molecule has 1 fully saturated rings. The highest BCUT2D eigenvalue weighted by molar-refractivity contribution is 5.77. The van der Waals surface area contributed by atoms with Gasteiger partial charge in [0.05, 0.1) is 20.8 Å². The fourth-order valence-electron chi connectivity index (χ4n) is 3.11. The average Bonchev–Trinajstić information content (AvgIpc) is 2.66. The van der Waals surface area contributed by atoms with Crippen molar-refractivity contribution >= 4 is 12.0 Å². The van der Waals surface area contributed by atoms with E-state index in [0.29, 0.717) is 37.5 Å². The van der Waals surface area contributed by atoms with Crippen LogP contribution in [0.1, 0.15) is 31.7 Å². The summed E-state index contributed by atoms with van der Waals surface area (Å²) in [6.07, 6.45) is 2.36. The molecule has 0 spiro atoms. The third-order valence-electron chi connectivity index (χ3n) is 4.45. The van der Waals surface area contributed by atoms with Gasteiger partial charge in [0, 0.05) is 25.6 Å². The summed E-state index contributed by atoms with van der Waals surface area (Å²) >= 11 is 0. The van der Waals surface area contributed by atoms with Crippen LogP contribution in [0.15, 0.2) is 18.2 Å². The second kappa shape index (κ2) is 9.89. The van der Waals surface area contributed by atoms with Crippen molar-refractivity contribution in [1.82, 2.24) is 10.2 Å². The van der Waals surface area contributed by atoms with Gasteiger partial charge in [0.2, 0.25) is 5.91 Å². The smallest absolute Gasteiger partial charge is 0.407 e. The Morgan fingerprint density at radius 3 is 2.69 bits per heavy atom. The van der Waals surface area contributed by atoms with Crippen LogP contribution in [0.4, 0.5) is 4.79 Å². The molecule has 2 rings (SSSR count). The molecule has 1 atom stereocenters. The van der Waals surface area contributed by atoms with E-state index in [2.05, 4.69) is 5.32 Å². The summed E-state index contributed by atoms with van der Waals surface area (Å²) < 4.78 is 15.4. The van der Waals surface area contributed by atoms with Gasteiger partial charge >= 0.3 is 6.09 Å². The minimum atomic E-state index is -0.419. The molecule has 0 aromatic heterocycles. The normalized spacial score (nSPS) is 16.7. The zero-order valence-corrected chi connectivity index (χ0v) is 15.7. The average molecular weight is 364 g/mol. The van der Waals surface area contributed by atoms with Gasteiger partial charge in [-0.05, 0) is 43.9 Å². The first-order valence-corrected chi connectivity index (χ1v) is 8.99. The highest BCUT2D eigenvalue weighted by Gasteiger charge is 2.24. The predicted octanol–water partition coefficient (Wildman–Crippen LogP) is 2.37. The van der Waals surface area contributed by atoms with Gasteiger partial charge in [0.15, 0.2) is 11.5 Å². The molecule has 1 heterocycles. The Morgan fingerprint density at radius 2 is 2.00 bits per heavy atom. The van der Waals surface area contributed by atoms with E-state index in [0.717, 1.165) is 24.9 Å². The number of likely N-dealkylation sites (tertiary alicyclic amines) is 1. The van der Waals surface area contributed by atoms with Crippen LogP contribution < -0.4 is 14.8 Å². The van der Waals surface area contributed by atoms with Crippen LogP contribution >= 0.6 is 0 Å². The summed E-state index contributed by atoms with van der Waals surface area (Å²) in [7, 11) is 3.19. The molecule has 0 bridgehead atoms. The summed E-state index contributed by atoms with van der Waals surface area (Å²) in [4.78, 5) is 25.9. The maximum absolute atomic E-state index is 12.5. The van der Waals surface area contributed by atoms with Crippen LogP contribution in [0.25, 0.3) is 0 Å². The van der Waals surface area contributed by atoms with Gasteiger partial charge in [0.25, 0.3) is 0 Å². The summed E-state index contributed by atoms with van der Waals surface area (Å²) in [5.74, 6) is 1.43. The number of methoxy groups -OCH3 is 2. The number of ether oxygens (including phenoxy) is 3. The standard InChI is InChI=1S/C19H28N2O5/c1-4-26-19(23)20-15-6-5-11-21(13-15)18(22)10-8-14-7-9-16(24-2)17(12-14)25-3/h7,9,12,15H,4-6,8,10-11,13H2,1-3H3,(H,20,23). The van der Waals surface area contributed by atoms with E-state index in [-0.39, 0.29) is 11.9 Å². The third-order valence-corrected chi connectivity index (χ3v) is 4.45. The first kappa shape index (κ1) is 19.9.